The Kier molecular flexibility index (Phi) is 7.29. The third-order valence-electron chi connectivity index (χ3n) is 7.00. The number of likely N-dealkylation sites (N-methyl/N-ethyl adjacent to an activating group) is 2. The van der Waals surface area contributed by atoms with Gasteiger partial charge in [0.1, 0.15) is 24.7 Å². The fourth-order valence-electron chi connectivity index (χ4n) is 5.03. The van der Waals surface area contributed by atoms with Crippen molar-refractivity contribution in [3.05, 3.63) is 35.9 Å². The van der Waals surface area contributed by atoms with E-state index >= 15 is 0 Å². The summed E-state index contributed by atoms with van der Waals surface area (Å²) in [7, 11) is 6.12. The Balaban J connectivity index is 1.64. The highest BCUT2D eigenvalue weighted by Crippen LogP contribution is 2.32. The molecule has 2 aromatic rings. The molecule has 2 heterocycles. The Bertz CT molecular complexity index is 1110. The van der Waals surface area contributed by atoms with Crippen LogP contribution in [-0.4, -0.2) is 74.8 Å². The van der Waals surface area contributed by atoms with Crippen LogP contribution in [0.25, 0.3) is 0 Å². The van der Waals surface area contributed by atoms with E-state index in [1.165, 1.54) is 23.5 Å². The highest BCUT2D eigenvalue weighted by atomic mass is 19.1. The molecular weight excluding hydrogens is 453 g/mol. The van der Waals surface area contributed by atoms with Crippen molar-refractivity contribution in [1.82, 2.24) is 19.8 Å². The second-order valence-corrected chi connectivity index (χ2v) is 9.47. The maximum absolute atomic E-state index is 15.0. The van der Waals surface area contributed by atoms with Crippen LogP contribution in [0.4, 0.5) is 27.4 Å². The number of aromatic nitrogens is 2. The van der Waals surface area contributed by atoms with Crippen LogP contribution >= 0.6 is 0 Å². The third-order valence-corrected chi connectivity index (χ3v) is 7.00. The summed E-state index contributed by atoms with van der Waals surface area (Å²) in [6.07, 6.45) is 6.02. The summed E-state index contributed by atoms with van der Waals surface area (Å²) in [5, 5.41) is 6.43. The van der Waals surface area contributed by atoms with E-state index in [-0.39, 0.29) is 42.3 Å². The molecule has 1 aromatic heterocycles. The van der Waals surface area contributed by atoms with Crippen LogP contribution in [0.2, 0.25) is 0 Å². The molecule has 4 rings (SSSR count). The fraction of sp³-hybridized carbons (Fsp3) is 0.500. The van der Waals surface area contributed by atoms with Crippen molar-refractivity contribution in [1.29, 1.82) is 0 Å². The number of nitrogens with two attached hydrogens (primary N) is 1. The summed E-state index contributed by atoms with van der Waals surface area (Å²) >= 11 is 0. The van der Waals surface area contributed by atoms with Gasteiger partial charge in [0.25, 0.3) is 11.8 Å². The first-order valence-electron chi connectivity index (χ1n) is 11.9. The number of carbonyl (C=O) groups excluding carboxylic acids is 2. The normalized spacial score (nSPS) is 21.1. The average Bonchev–Trinajstić information content (AvgIpc) is 2.84. The van der Waals surface area contributed by atoms with Crippen molar-refractivity contribution < 1.29 is 18.7 Å². The molecule has 0 bridgehead atoms. The number of primary amides is 1. The zero-order valence-corrected chi connectivity index (χ0v) is 20.4. The molecule has 2 aliphatic rings. The lowest BCUT2D eigenvalue weighted by Crippen LogP contribution is -2.60. The number of carbonyl (C=O) groups is 2. The van der Waals surface area contributed by atoms with E-state index in [2.05, 4.69) is 29.7 Å². The molecule has 1 aromatic carbocycles. The molecule has 2 atom stereocenters. The van der Waals surface area contributed by atoms with Crippen molar-refractivity contribution in [3.8, 4) is 0 Å². The number of amides is 2. The molecule has 188 valence electrons. The molecule has 35 heavy (non-hydrogen) atoms. The van der Waals surface area contributed by atoms with Crippen LogP contribution in [0.1, 0.15) is 36.2 Å². The minimum absolute atomic E-state index is 0.0320. The van der Waals surface area contributed by atoms with Gasteiger partial charge in [-0.15, -0.1) is 0 Å². The number of hydrogen-bond acceptors (Lipinski definition) is 7. The largest absolute Gasteiger partial charge is 0.370 e. The Morgan fingerprint density at radius 2 is 2.06 bits per heavy atom. The predicted octanol–water partition coefficient (Wildman–Crippen LogP) is 1.92. The van der Waals surface area contributed by atoms with Gasteiger partial charge in [0.05, 0.1) is 32.4 Å². The van der Waals surface area contributed by atoms with Crippen molar-refractivity contribution in [3.63, 3.8) is 0 Å². The van der Waals surface area contributed by atoms with Crippen LogP contribution in [-0.2, 0) is 9.53 Å². The number of halogens is 1. The zero-order valence-electron chi connectivity index (χ0n) is 20.4. The van der Waals surface area contributed by atoms with Gasteiger partial charge in [0, 0.05) is 18.7 Å². The first kappa shape index (κ1) is 25.0. The highest BCUT2D eigenvalue weighted by molar-refractivity contribution is 5.97. The summed E-state index contributed by atoms with van der Waals surface area (Å²) in [5.41, 5.74) is 6.05. The molecule has 2 amide bonds. The number of quaternary nitrogens is 1. The highest BCUT2D eigenvalue weighted by Gasteiger charge is 2.40. The average molecular weight is 487 g/mol. The molecule has 1 aliphatic heterocycles. The van der Waals surface area contributed by atoms with E-state index in [4.69, 9.17) is 15.5 Å². The minimum atomic E-state index is -0.737. The number of anilines is 3. The number of hydrogen-bond donors (Lipinski definition) is 3. The first-order chi connectivity index (χ1) is 16.7. The molecule has 0 spiro atoms. The molecule has 0 radical (unpaired) electrons. The smallest absolute Gasteiger partial charge is 0.271 e. The Morgan fingerprint density at radius 3 is 2.74 bits per heavy atom. The van der Waals surface area contributed by atoms with E-state index in [1.54, 1.807) is 12.3 Å². The Morgan fingerprint density at radius 1 is 1.29 bits per heavy atom. The van der Waals surface area contributed by atoms with Gasteiger partial charge >= 0.3 is 0 Å². The molecular formula is C24H33FN7O3+. The maximum atomic E-state index is 15.0. The molecule has 2 fully saturated rings. The Labute approximate surface area is 204 Å². The van der Waals surface area contributed by atoms with E-state index in [0.717, 1.165) is 19.3 Å². The number of nitrogens with zero attached hydrogens (tertiary/aromatic N) is 4. The lowest BCUT2D eigenvalue weighted by molar-refractivity contribution is -0.125. The van der Waals surface area contributed by atoms with Crippen LogP contribution in [0.15, 0.2) is 24.4 Å². The topological polar surface area (TPSA) is 122 Å². The van der Waals surface area contributed by atoms with E-state index in [0.29, 0.717) is 28.6 Å². The molecule has 11 heteroatoms. The number of morpholine rings is 1. The van der Waals surface area contributed by atoms with Gasteiger partial charge in [-0.1, -0.05) is 6.42 Å². The molecule has 1 aliphatic carbocycles. The predicted molar refractivity (Wildman–Crippen MR) is 132 cm³/mol. The van der Waals surface area contributed by atoms with E-state index < -0.39 is 11.7 Å². The summed E-state index contributed by atoms with van der Waals surface area (Å²) in [6, 6.07) is 5.01. The SMILES string of the molecule is CNC1CCCCC1[N+](C)(C)c1cnc(C(N)=O)c(Nc2ccc(N3CCOCC3=O)c(F)c2)n1. The fourth-order valence-corrected chi connectivity index (χ4v) is 5.03. The maximum Gasteiger partial charge on any atom is 0.271 e. The molecule has 1 saturated heterocycles. The lowest BCUT2D eigenvalue weighted by Gasteiger charge is -2.43. The van der Waals surface area contributed by atoms with E-state index in [1.807, 2.05) is 7.05 Å². The summed E-state index contributed by atoms with van der Waals surface area (Å²) in [4.78, 5) is 34.6. The molecule has 1 saturated carbocycles. The second kappa shape index (κ2) is 10.2. The standard InChI is InChI=1S/C24H32FN7O3/c1-27-17-6-4-5-7-19(17)32(2,3)20-13-28-22(23(26)34)24(30-20)29-15-8-9-18(16(25)12-15)31-10-11-35-14-21(31)33/h8-9,12-13,17,19,27H,4-7,10-11,14H2,1-3H3,(H2-,26,29,30,34)/p+1. The second-order valence-electron chi connectivity index (χ2n) is 9.47. The van der Waals surface area contributed by atoms with Gasteiger partial charge in [-0.05, 0) is 38.1 Å². The van der Waals surface area contributed by atoms with Gasteiger partial charge in [0.15, 0.2) is 11.5 Å². The summed E-state index contributed by atoms with van der Waals surface area (Å²) < 4.78 is 20.5. The molecule has 2 unspecified atom stereocenters. The first-order valence-corrected chi connectivity index (χ1v) is 11.9. The number of benzene rings is 1. The minimum Gasteiger partial charge on any atom is -0.370 e. The van der Waals surface area contributed by atoms with Crippen molar-refractivity contribution >= 4 is 34.8 Å². The molecule has 4 N–H and O–H groups in total. The van der Waals surface area contributed by atoms with Crippen LogP contribution < -0.4 is 25.8 Å². The van der Waals surface area contributed by atoms with Crippen molar-refractivity contribution in [2.75, 3.05) is 51.1 Å². The van der Waals surface area contributed by atoms with Crippen LogP contribution in [0.5, 0.6) is 0 Å². The monoisotopic (exact) mass is 486 g/mol. The van der Waals surface area contributed by atoms with Crippen LogP contribution in [0, 0.1) is 5.82 Å². The van der Waals surface area contributed by atoms with Gasteiger partial charge in [-0.25, -0.2) is 9.37 Å². The van der Waals surface area contributed by atoms with Gasteiger partial charge in [0.2, 0.25) is 5.82 Å². The van der Waals surface area contributed by atoms with Crippen LogP contribution in [0.3, 0.4) is 0 Å². The van der Waals surface area contributed by atoms with Gasteiger partial charge in [-0.2, -0.15) is 4.98 Å². The zero-order chi connectivity index (χ0) is 25.2. The summed E-state index contributed by atoms with van der Waals surface area (Å²) in [6.45, 7) is 0.551. The number of nitrogens with one attached hydrogen (secondary N) is 2. The lowest BCUT2D eigenvalue weighted by atomic mass is 9.88. The summed E-state index contributed by atoms with van der Waals surface area (Å²) in [5.74, 6) is -0.787. The van der Waals surface area contributed by atoms with Crippen molar-refractivity contribution in [2.24, 2.45) is 5.73 Å². The quantitative estimate of drug-likeness (QED) is 0.511. The Hall–Kier alpha value is -3.15. The van der Waals surface area contributed by atoms with Gasteiger partial charge in [-0.3, -0.25) is 14.1 Å². The third kappa shape index (κ3) is 5.12. The number of ether oxygens (including phenoxy) is 1. The van der Waals surface area contributed by atoms with E-state index in [9.17, 15) is 14.0 Å². The number of rotatable bonds is 7. The van der Waals surface area contributed by atoms with Crippen molar-refractivity contribution in [2.45, 2.75) is 37.8 Å². The van der Waals surface area contributed by atoms with Gasteiger partial charge < -0.3 is 26.0 Å². The molecule has 10 nitrogen and oxygen atoms in total.